The highest BCUT2D eigenvalue weighted by Gasteiger charge is 2.14. The monoisotopic (exact) mass is 389 g/mol. The zero-order valence-electron chi connectivity index (χ0n) is 15.3. The van der Waals surface area contributed by atoms with Crippen LogP contribution in [0.2, 0.25) is 0 Å². The molecule has 3 aromatic rings. The Morgan fingerprint density at radius 1 is 1.00 bits per heavy atom. The van der Waals surface area contributed by atoms with Gasteiger partial charge in [-0.2, -0.15) is 9.67 Å². The maximum absolute atomic E-state index is 12.3. The molecule has 144 valence electrons. The van der Waals surface area contributed by atoms with Crippen molar-refractivity contribution in [3.63, 3.8) is 0 Å². The van der Waals surface area contributed by atoms with Crippen molar-refractivity contribution in [2.75, 3.05) is 0 Å². The van der Waals surface area contributed by atoms with Crippen molar-refractivity contribution < 1.29 is 19.1 Å². The summed E-state index contributed by atoms with van der Waals surface area (Å²) < 4.78 is 1.63. The van der Waals surface area contributed by atoms with Crippen molar-refractivity contribution in [3.8, 4) is 0 Å². The van der Waals surface area contributed by atoms with Gasteiger partial charge in [0.1, 0.15) is 5.56 Å². The molecule has 3 rings (SSSR count). The van der Waals surface area contributed by atoms with Crippen LogP contribution in [0, 0.1) is 10.1 Å². The summed E-state index contributed by atoms with van der Waals surface area (Å²) in [4.78, 5) is 34.7. The number of hydrogen-bond donors (Lipinski definition) is 1. The Morgan fingerprint density at radius 3 is 2.38 bits per heavy atom. The molecule has 0 saturated heterocycles. The quantitative estimate of drug-likeness (QED) is 0.220. The van der Waals surface area contributed by atoms with E-state index in [1.54, 1.807) is 53.4 Å². The lowest BCUT2D eigenvalue weighted by molar-refractivity contribution is -0.683. The summed E-state index contributed by atoms with van der Waals surface area (Å²) in [7, 11) is 0. The third-order valence-electron chi connectivity index (χ3n) is 4.03. The van der Waals surface area contributed by atoms with Gasteiger partial charge in [0.2, 0.25) is 12.3 Å². The van der Waals surface area contributed by atoms with Crippen molar-refractivity contribution in [3.05, 3.63) is 106 Å². The Morgan fingerprint density at radius 2 is 1.69 bits per heavy atom. The maximum Gasteiger partial charge on any atom is 0.277 e. The molecule has 8 heteroatoms. The van der Waals surface area contributed by atoms with Gasteiger partial charge in [-0.25, -0.2) is 5.43 Å². The maximum atomic E-state index is 12.3. The van der Waals surface area contributed by atoms with Crippen LogP contribution in [0.1, 0.15) is 26.3 Å². The molecule has 1 aromatic heterocycles. The molecule has 0 aliphatic rings. The van der Waals surface area contributed by atoms with Crippen LogP contribution in [-0.2, 0) is 6.54 Å². The topological polar surface area (TPSA) is 106 Å². The number of nitrogens with one attached hydrogen (secondary N) is 1. The number of carbonyl (C=O) groups is 2. The van der Waals surface area contributed by atoms with Gasteiger partial charge < -0.3 is 0 Å². The molecular weight excluding hydrogens is 372 g/mol. The standard InChI is InChI=1S/C21H16N4O4/c26-20(17-5-2-1-3-6-17)15-24-12-4-7-18(14-24)21(27)23-22-13-16-8-10-19(11-9-16)25(28)29/h1-14H,15H2/p+1. The summed E-state index contributed by atoms with van der Waals surface area (Å²) in [5.41, 5.74) is 3.92. The second kappa shape index (κ2) is 9.14. The first-order chi connectivity index (χ1) is 14.0. The number of carbonyl (C=O) groups excluding carboxylic acids is 2. The number of nitro benzene ring substituents is 1. The number of ketones is 1. The number of non-ortho nitro benzene ring substituents is 1. The van der Waals surface area contributed by atoms with Crippen molar-refractivity contribution in [2.45, 2.75) is 6.54 Å². The first kappa shape index (κ1) is 19.6. The Balaban J connectivity index is 1.61. The fourth-order valence-corrected chi connectivity index (χ4v) is 2.55. The van der Waals surface area contributed by atoms with Crippen molar-refractivity contribution >= 4 is 23.6 Å². The molecule has 8 nitrogen and oxygen atoms in total. The van der Waals surface area contributed by atoms with Gasteiger partial charge in [-0.3, -0.25) is 19.7 Å². The number of aromatic nitrogens is 1. The zero-order chi connectivity index (χ0) is 20.6. The summed E-state index contributed by atoms with van der Waals surface area (Å²) in [6.07, 6.45) is 4.66. The zero-order valence-corrected chi connectivity index (χ0v) is 15.3. The van der Waals surface area contributed by atoms with Gasteiger partial charge in [0.15, 0.2) is 12.4 Å². The Bertz CT molecular complexity index is 1060. The molecular formula is C21H17N4O4+. The summed E-state index contributed by atoms with van der Waals surface area (Å²) in [6.45, 7) is 0.108. The fourth-order valence-electron chi connectivity index (χ4n) is 2.55. The molecule has 1 N–H and O–H groups in total. The lowest BCUT2D eigenvalue weighted by atomic mass is 10.1. The van der Waals surface area contributed by atoms with Crippen LogP contribution < -0.4 is 9.99 Å². The van der Waals surface area contributed by atoms with Crippen molar-refractivity contribution in [2.24, 2.45) is 5.10 Å². The van der Waals surface area contributed by atoms with Gasteiger partial charge in [0.05, 0.1) is 11.1 Å². The Hall–Kier alpha value is -4.20. The lowest BCUT2D eigenvalue weighted by Gasteiger charge is -2.01. The van der Waals surface area contributed by atoms with E-state index in [0.29, 0.717) is 16.7 Å². The molecule has 1 heterocycles. The van der Waals surface area contributed by atoms with Crippen LogP contribution in [0.15, 0.2) is 84.2 Å². The SMILES string of the molecule is O=C(C[n+]1cccc(C(=O)NN=Cc2ccc([N+](=O)[O-])cc2)c1)c1ccccc1. The van der Waals surface area contributed by atoms with E-state index in [0.717, 1.165) is 0 Å². The molecule has 0 saturated carbocycles. The molecule has 0 unspecified atom stereocenters. The molecule has 1 amide bonds. The van der Waals surface area contributed by atoms with E-state index in [1.165, 1.54) is 30.5 Å². The number of nitrogens with zero attached hydrogens (tertiary/aromatic N) is 3. The smallest absolute Gasteiger partial charge is 0.277 e. The minimum atomic E-state index is -0.490. The van der Waals surface area contributed by atoms with Gasteiger partial charge in [-0.05, 0) is 23.8 Å². The van der Waals surface area contributed by atoms with E-state index in [-0.39, 0.29) is 18.0 Å². The minimum Gasteiger partial charge on any atom is -0.287 e. The molecule has 29 heavy (non-hydrogen) atoms. The molecule has 0 aliphatic heterocycles. The van der Waals surface area contributed by atoms with E-state index in [2.05, 4.69) is 10.5 Å². The molecule has 0 atom stereocenters. The van der Waals surface area contributed by atoms with Crippen LogP contribution >= 0.6 is 0 Å². The predicted octanol–water partition coefficient (Wildman–Crippen LogP) is 2.53. The second-order valence-electron chi connectivity index (χ2n) is 6.10. The highest BCUT2D eigenvalue weighted by molar-refractivity contribution is 5.95. The number of benzene rings is 2. The first-order valence-electron chi connectivity index (χ1n) is 8.68. The van der Waals surface area contributed by atoms with Gasteiger partial charge >= 0.3 is 0 Å². The Labute approximate surface area is 166 Å². The number of hydrazone groups is 1. The van der Waals surface area contributed by atoms with E-state index in [1.807, 2.05) is 6.07 Å². The highest BCUT2D eigenvalue weighted by atomic mass is 16.6. The molecule has 0 spiro atoms. The Kier molecular flexibility index (Phi) is 6.16. The van der Waals surface area contributed by atoms with Crippen LogP contribution in [0.25, 0.3) is 0 Å². The van der Waals surface area contributed by atoms with Crippen molar-refractivity contribution in [1.29, 1.82) is 0 Å². The van der Waals surface area contributed by atoms with Crippen LogP contribution in [0.3, 0.4) is 0 Å². The van der Waals surface area contributed by atoms with E-state index in [9.17, 15) is 19.7 Å². The number of Topliss-reactive ketones (excluding diaryl/α,β-unsaturated/α-hetero) is 1. The average Bonchev–Trinajstić information content (AvgIpc) is 2.75. The third kappa shape index (κ3) is 5.39. The molecule has 0 radical (unpaired) electrons. The van der Waals surface area contributed by atoms with Gasteiger partial charge in [-0.1, -0.05) is 30.3 Å². The summed E-state index contributed by atoms with van der Waals surface area (Å²) >= 11 is 0. The van der Waals surface area contributed by atoms with Crippen LogP contribution in [-0.4, -0.2) is 22.8 Å². The molecule has 0 aliphatic carbocycles. The normalized spacial score (nSPS) is 10.6. The van der Waals surface area contributed by atoms with Crippen LogP contribution in [0.4, 0.5) is 5.69 Å². The highest BCUT2D eigenvalue weighted by Crippen LogP contribution is 2.10. The number of pyridine rings is 1. The molecule has 2 aromatic carbocycles. The number of rotatable bonds is 7. The summed E-state index contributed by atoms with van der Waals surface area (Å²) in [5.74, 6) is -0.506. The summed E-state index contributed by atoms with van der Waals surface area (Å²) in [6, 6.07) is 18.0. The largest absolute Gasteiger partial charge is 0.287 e. The first-order valence-corrected chi connectivity index (χ1v) is 8.68. The van der Waals surface area contributed by atoms with Gasteiger partial charge in [-0.15, -0.1) is 0 Å². The average molecular weight is 389 g/mol. The number of amides is 1. The van der Waals surface area contributed by atoms with E-state index in [4.69, 9.17) is 0 Å². The molecule has 0 fully saturated rings. The van der Waals surface area contributed by atoms with Crippen molar-refractivity contribution in [1.82, 2.24) is 5.43 Å². The molecule has 0 bridgehead atoms. The van der Waals surface area contributed by atoms with E-state index >= 15 is 0 Å². The van der Waals surface area contributed by atoms with Gasteiger partial charge in [0.25, 0.3) is 11.6 Å². The predicted molar refractivity (Wildman–Crippen MR) is 106 cm³/mol. The van der Waals surface area contributed by atoms with E-state index < -0.39 is 10.8 Å². The van der Waals surface area contributed by atoms with Crippen LogP contribution in [0.5, 0.6) is 0 Å². The minimum absolute atomic E-state index is 0.0231. The fraction of sp³-hybridized carbons (Fsp3) is 0.0476. The second-order valence-corrected chi connectivity index (χ2v) is 6.10. The lowest BCUT2D eigenvalue weighted by Crippen LogP contribution is -2.38. The van der Waals surface area contributed by atoms with Gasteiger partial charge in [0, 0.05) is 23.8 Å². The summed E-state index contributed by atoms with van der Waals surface area (Å²) in [5, 5.41) is 14.5. The number of hydrogen-bond acceptors (Lipinski definition) is 5. The third-order valence-corrected chi connectivity index (χ3v) is 4.03. The number of nitro groups is 1.